The molecule has 7 heteroatoms. The summed E-state index contributed by atoms with van der Waals surface area (Å²) in [5.74, 6) is 0.908. The second-order valence-corrected chi connectivity index (χ2v) is 5.90. The molecule has 0 amide bonds. The summed E-state index contributed by atoms with van der Waals surface area (Å²) in [6.07, 6.45) is 3.66. The fourth-order valence-corrected chi connectivity index (χ4v) is 3.13. The third kappa shape index (κ3) is 2.51. The maximum atomic E-state index is 9.33. The van der Waals surface area contributed by atoms with Gasteiger partial charge in [-0.05, 0) is 37.3 Å². The van der Waals surface area contributed by atoms with Crippen molar-refractivity contribution in [2.45, 2.75) is 6.92 Å². The number of aryl methyl sites for hydroxylation is 1. The number of imidazole rings is 1. The summed E-state index contributed by atoms with van der Waals surface area (Å²) in [6.45, 7) is 1.95. The maximum Gasteiger partial charge on any atom is 0.234 e. The summed E-state index contributed by atoms with van der Waals surface area (Å²) in [6, 6.07) is 8.76. The van der Waals surface area contributed by atoms with E-state index in [1.54, 1.807) is 30.5 Å². The molecule has 0 aliphatic heterocycles. The third-order valence-corrected chi connectivity index (χ3v) is 4.20. The fraction of sp³-hybridized carbons (Fsp3) is 0.0625. The summed E-state index contributed by atoms with van der Waals surface area (Å²) in [4.78, 5) is 13.4. The highest BCUT2D eigenvalue weighted by atomic mass is 32.1. The molecule has 0 aliphatic carbocycles. The second-order valence-electron chi connectivity index (χ2n) is 5.05. The van der Waals surface area contributed by atoms with Crippen molar-refractivity contribution in [1.29, 1.82) is 0 Å². The van der Waals surface area contributed by atoms with Crippen LogP contribution in [0.25, 0.3) is 17.2 Å². The smallest absolute Gasteiger partial charge is 0.234 e. The van der Waals surface area contributed by atoms with E-state index in [0.29, 0.717) is 5.78 Å². The number of thiazole rings is 1. The Morgan fingerprint density at radius 3 is 2.83 bits per heavy atom. The summed E-state index contributed by atoms with van der Waals surface area (Å²) >= 11 is 1.52. The number of nitrogens with one attached hydrogen (secondary N) is 1. The van der Waals surface area contributed by atoms with Gasteiger partial charge in [-0.15, -0.1) is 11.3 Å². The van der Waals surface area contributed by atoms with Crippen molar-refractivity contribution in [2.24, 2.45) is 0 Å². The van der Waals surface area contributed by atoms with Gasteiger partial charge < -0.3 is 10.4 Å². The standard InChI is InChI=1S/C16H13N5OS/c1-10-14(21-8-2-7-17-15(21)18-10)13-9-23-16(20-13)19-11-3-5-12(22)6-4-11/h2-9,22H,1H3,(H,19,20). The van der Waals surface area contributed by atoms with Gasteiger partial charge >= 0.3 is 0 Å². The van der Waals surface area contributed by atoms with Crippen molar-refractivity contribution in [2.75, 3.05) is 5.32 Å². The van der Waals surface area contributed by atoms with E-state index in [2.05, 4.69) is 20.3 Å². The van der Waals surface area contributed by atoms with Crippen molar-refractivity contribution in [3.63, 3.8) is 0 Å². The highest BCUT2D eigenvalue weighted by molar-refractivity contribution is 7.14. The normalized spacial score (nSPS) is 11.0. The lowest BCUT2D eigenvalue weighted by Crippen LogP contribution is -1.92. The number of phenolic OH excluding ortho intramolecular Hbond substituents is 1. The summed E-state index contributed by atoms with van der Waals surface area (Å²) in [5, 5.41) is 15.3. The van der Waals surface area contributed by atoms with Crippen LogP contribution < -0.4 is 5.32 Å². The van der Waals surface area contributed by atoms with Crippen molar-refractivity contribution in [3.8, 4) is 17.1 Å². The van der Waals surface area contributed by atoms with Crippen molar-refractivity contribution in [1.82, 2.24) is 19.4 Å². The van der Waals surface area contributed by atoms with Crippen LogP contribution in [0.4, 0.5) is 10.8 Å². The van der Waals surface area contributed by atoms with Gasteiger partial charge in [-0.3, -0.25) is 4.40 Å². The number of aromatic hydroxyl groups is 1. The number of hydrogen-bond donors (Lipinski definition) is 2. The molecule has 2 N–H and O–H groups in total. The Morgan fingerprint density at radius 2 is 2.00 bits per heavy atom. The van der Waals surface area contributed by atoms with Gasteiger partial charge in [0.15, 0.2) is 5.13 Å². The van der Waals surface area contributed by atoms with Gasteiger partial charge in [0.25, 0.3) is 0 Å². The third-order valence-electron chi connectivity index (χ3n) is 3.44. The molecule has 0 unspecified atom stereocenters. The van der Waals surface area contributed by atoms with Crippen LogP contribution in [0.5, 0.6) is 5.75 Å². The Balaban J connectivity index is 1.69. The molecule has 0 saturated carbocycles. The van der Waals surface area contributed by atoms with Gasteiger partial charge in [-0.25, -0.2) is 15.0 Å². The highest BCUT2D eigenvalue weighted by Crippen LogP contribution is 2.29. The largest absolute Gasteiger partial charge is 0.508 e. The summed E-state index contributed by atoms with van der Waals surface area (Å²) in [5.41, 5.74) is 3.57. The molecule has 3 aromatic heterocycles. The Bertz CT molecular complexity index is 974. The van der Waals surface area contributed by atoms with Crippen LogP contribution in [0, 0.1) is 6.92 Å². The van der Waals surface area contributed by atoms with Crippen LogP contribution in [-0.4, -0.2) is 24.5 Å². The Kier molecular flexibility index (Phi) is 3.20. The first kappa shape index (κ1) is 13.7. The number of benzene rings is 1. The van der Waals surface area contributed by atoms with Gasteiger partial charge in [0.1, 0.15) is 11.4 Å². The molecular formula is C16H13N5OS. The number of phenols is 1. The predicted octanol–water partition coefficient (Wildman–Crippen LogP) is 3.61. The number of rotatable bonds is 3. The lowest BCUT2D eigenvalue weighted by molar-refractivity contribution is 0.475. The minimum atomic E-state index is 0.240. The lowest BCUT2D eigenvalue weighted by atomic mass is 10.3. The van der Waals surface area contributed by atoms with E-state index in [0.717, 1.165) is 27.9 Å². The molecule has 23 heavy (non-hydrogen) atoms. The van der Waals surface area contributed by atoms with Crippen LogP contribution in [0.2, 0.25) is 0 Å². The van der Waals surface area contributed by atoms with Crippen molar-refractivity contribution in [3.05, 3.63) is 53.8 Å². The molecule has 4 aromatic rings. The van der Waals surface area contributed by atoms with E-state index < -0.39 is 0 Å². The zero-order valence-corrected chi connectivity index (χ0v) is 13.1. The highest BCUT2D eigenvalue weighted by Gasteiger charge is 2.14. The molecule has 1 aromatic carbocycles. The van der Waals surface area contributed by atoms with Crippen molar-refractivity contribution < 1.29 is 5.11 Å². The summed E-state index contributed by atoms with van der Waals surface area (Å²) < 4.78 is 1.94. The van der Waals surface area contributed by atoms with Gasteiger partial charge in [-0.2, -0.15) is 0 Å². The first-order valence-electron chi connectivity index (χ1n) is 7.02. The molecule has 114 valence electrons. The van der Waals surface area contributed by atoms with E-state index in [9.17, 15) is 5.11 Å². The molecule has 0 spiro atoms. The minimum Gasteiger partial charge on any atom is -0.508 e. The zero-order chi connectivity index (χ0) is 15.8. The van der Waals surface area contributed by atoms with Crippen LogP contribution in [0.3, 0.4) is 0 Å². The van der Waals surface area contributed by atoms with Gasteiger partial charge in [-0.1, -0.05) is 0 Å². The lowest BCUT2D eigenvalue weighted by Gasteiger charge is -2.02. The number of nitrogens with zero attached hydrogens (tertiary/aromatic N) is 4. The molecule has 0 fully saturated rings. The second kappa shape index (κ2) is 5.36. The van der Waals surface area contributed by atoms with Gasteiger partial charge in [0.05, 0.1) is 11.4 Å². The molecule has 0 bridgehead atoms. The summed E-state index contributed by atoms with van der Waals surface area (Å²) in [7, 11) is 0. The molecule has 0 atom stereocenters. The minimum absolute atomic E-state index is 0.240. The quantitative estimate of drug-likeness (QED) is 0.563. The molecule has 0 radical (unpaired) electrons. The number of anilines is 2. The first-order valence-corrected chi connectivity index (χ1v) is 7.90. The number of aromatic nitrogens is 4. The number of fused-ring (bicyclic) bond motifs is 1. The Labute approximate surface area is 136 Å². The van der Waals surface area contributed by atoms with Gasteiger partial charge in [0.2, 0.25) is 5.78 Å². The zero-order valence-electron chi connectivity index (χ0n) is 12.3. The van der Waals surface area contributed by atoms with Crippen molar-refractivity contribution >= 4 is 27.9 Å². The monoisotopic (exact) mass is 323 g/mol. The van der Waals surface area contributed by atoms with E-state index in [4.69, 9.17) is 0 Å². The Hall–Kier alpha value is -2.93. The van der Waals surface area contributed by atoms with E-state index in [-0.39, 0.29) is 5.75 Å². The average molecular weight is 323 g/mol. The average Bonchev–Trinajstić information content (AvgIpc) is 3.12. The molecule has 6 nitrogen and oxygen atoms in total. The first-order chi connectivity index (χ1) is 11.2. The topological polar surface area (TPSA) is 75.3 Å². The number of hydrogen-bond acceptors (Lipinski definition) is 6. The molecule has 0 aliphatic rings. The molecule has 4 rings (SSSR count). The van der Waals surface area contributed by atoms with Crippen LogP contribution in [0.15, 0.2) is 48.1 Å². The molecule has 3 heterocycles. The van der Waals surface area contributed by atoms with E-state index in [1.165, 1.54) is 11.3 Å². The van der Waals surface area contributed by atoms with Crippen LogP contribution in [-0.2, 0) is 0 Å². The van der Waals surface area contributed by atoms with Gasteiger partial charge in [0, 0.05) is 23.5 Å². The fourth-order valence-electron chi connectivity index (χ4n) is 2.41. The van der Waals surface area contributed by atoms with Crippen LogP contribution >= 0.6 is 11.3 Å². The SMILES string of the molecule is Cc1nc2ncccn2c1-c1csc(Nc2ccc(O)cc2)n1. The molecular weight excluding hydrogens is 310 g/mol. The maximum absolute atomic E-state index is 9.33. The van der Waals surface area contributed by atoms with E-state index >= 15 is 0 Å². The Morgan fingerprint density at radius 1 is 1.17 bits per heavy atom. The molecule has 0 saturated heterocycles. The van der Waals surface area contributed by atoms with E-state index in [1.807, 2.05) is 29.0 Å². The van der Waals surface area contributed by atoms with Crippen LogP contribution in [0.1, 0.15) is 5.69 Å². The predicted molar refractivity (Wildman–Crippen MR) is 90.2 cm³/mol.